The van der Waals surface area contributed by atoms with Crippen molar-refractivity contribution in [1.82, 2.24) is 19.6 Å². The number of hydrogen-bond acceptors (Lipinski definition) is 6. The molecule has 2 atom stereocenters. The highest BCUT2D eigenvalue weighted by Crippen LogP contribution is 2.06. The van der Waals surface area contributed by atoms with Gasteiger partial charge in [0.1, 0.15) is 0 Å². The van der Waals surface area contributed by atoms with Crippen LogP contribution in [0.2, 0.25) is 0 Å². The van der Waals surface area contributed by atoms with E-state index in [9.17, 15) is 9.59 Å². The van der Waals surface area contributed by atoms with Crippen molar-refractivity contribution in [3.63, 3.8) is 0 Å². The zero-order chi connectivity index (χ0) is 17.4. The Morgan fingerprint density at radius 1 is 0.583 bits per heavy atom. The van der Waals surface area contributed by atoms with E-state index in [4.69, 9.17) is 11.5 Å². The average molecular weight is 340 g/mol. The Hall–Kier alpha value is -1.22. The molecule has 0 aromatic heterocycles. The van der Waals surface area contributed by atoms with Crippen molar-refractivity contribution in [3.8, 4) is 0 Å². The van der Waals surface area contributed by atoms with Crippen LogP contribution >= 0.6 is 0 Å². The van der Waals surface area contributed by atoms with Crippen molar-refractivity contribution >= 4 is 11.8 Å². The van der Waals surface area contributed by atoms with Gasteiger partial charge in [0.2, 0.25) is 11.8 Å². The Morgan fingerprint density at radius 3 is 1.33 bits per heavy atom. The predicted molar refractivity (Wildman–Crippen MR) is 93.4 cm³/mol. The summed E-state index contributed by atoms with van der Waals surface area (Å²) < 4.78 is 0. The molecule has 2 unspecified atom stereocenters. The van der Waals surface area contributed by atoms with Crippen LogP contribution in [-0.4, -0.2) is 110 Å². The first-order chi connectivity index (χ1) is 11.5. The van der Waals surface area contributed by atoms with Gasteiger partial charge in [0.25, 0.3) is 0 Å². The molecule has 2 rings (SSSR count). The van der Waals surface area contributed by atoms with Crippen molar-refractivity contribution in [2.45, 2.75) is 12.8 Å². The molecule has 2 amide bonds. The Balaban J connectivity index is 1.96. The summed E-state index contributed by atoms with van der Waals surface area (Å²) in [5.41, 5.74) is 10.7. The number of hydrogen-bond donors (Lipinski definition) is 2. The third-order valence-electron chi connectivity index (χ3n) is 4.85. The highest BCUT2D eigenvalue weighted by Gasteiger charge is 2.19. The van der Waals surface area contributed by atoms with Gasteiger partial charge in [0.15, 0.2) is 0 Å². The third kappa shape index (κ3) is 7.12. The molecule has 8 nitrogen and oxygen atoms in total. The van der Waals surface area contributed by atoms with Crippen LogP contribution in [0.5, 0.6) is 0 Å². The first kappa shape index (κ1) is 19.1. The lowest BCUT2D eigenvalue weighted by molar-refractivity contribution is -0.120. The van der Waals surface area contributed by atoms with Gasteiger partial charge in [0, 0.05) is 39.3 Å². The van der Waals surface area contributed by atoms with Crippen LogP contribution in [0.25, 0.3) is 0 Å². The molecule has 0 aliphatic carbocycles. The summed E-state index contributed by atoms with van der Waals surface area (Å²) in [5.74, 6) is -0.502. The number of primary amides is 2. The summed E-state index contributed by atoms with van der Waals surface area (Å²) in [5, 5.41) is 0. The molecule has 2 saturated heterocycles. The Bertz CT molecular complexity index is 381. The zero-order valence-corrected chi connectivity index (χ0v) is 14.7. The van der Waals surface area contributed by atoms with Crippen LogP contribution in [0.1, 0.15) is 12.8 Å². The van der Waals surface area contributed by atoms with Crippen molar-refractivity contribution in [2.75, 3.05) is 78.5 Å². The Morgan fingerprint density at radius 2 is 0.958 bits per heavy atom. The largest absolute Gasteiger partial charge is 0.369 e. The lowest BCUT2D eigenvalue weighted by Crippen LogP contribution is -2.48. The molecule has 0 saturated carbocycles. The van der Waals surface area contributed by atoms with E-state index in [1.807, 2.05) is 0 Å². The van der Waals surface area contributed by atoms with E-state index in [1.54, 1.807) is 0 Å². The Kier molecular flexibility index (Phi) is 7.90. The molecular weight excluding hydrogens is 308 g/mol. The van der Waals surface area contributed by atoms with E-state index in [0.29, 0.717) is 13.1 Å². The maximum absolute atomic E-state index is 11.2. The van der Waals surface area contributed by atoms with Crippen LogP contribution in [0.15, 0.2) is 0 Å². The molecule has 8 heteroatoms. The maximum Gasteiger partial charge on any atom is 0.231 e. The molecule has 4 N–H and O–H groups in total. The van der Waals surface area contributed by atoms with Crippen molar-refractivity contribution in [2.24, 2.45) is 11.5 Å². The predicted octanol–water partition coefficient (Wildman–Crippen LogP) is -2.03. The second-order valence-corrected chi connectivity index (χ2v) is 6.88. The van der Waals surface area contributed by atoms with Gasteiger partial charge in [-0.25, -0.2) is 0 Å². The van der Waals surface area contributed by atoms with Gasteiger partial charge in [-0.05, 0) is 39.0 Å². The van der Waals surface area contributed by atoms with E-state index in [0.717, 1.165) is 78.3 Å². The minimum Gasteiger partial charge on any atom is -0.369 e. The second-order valence-electron chi connectivity index (χ2n) is 6.88. The number of amides is 2. The topological polar surface area (TPSA) is 99.1 Å². The van der Waals surface area contributed by atoms with Gasteiger partial charge < -0.3 is 21.3 Å². The van der Waals surface area contributed by atoms with E-state index < -0.39 is 0 Å². The molecule has 24 heavy (non-hydrogen) atoms. The van der Waals surface area contributed by atoms with E-state index in [2.05, 4.69) is 19.6 Å². The summed E-state index contributed by atoms with van der Waals surface area (Å²) >= 11 is 0. The van der Waals surface area contributed by atoms with Crippen LogP contribution in [-0.2, 0) is 9.59 Å². The number of rotatable bonds is 4. The molecule has 2 bridgehead atoms. The second kappa shape index (κ2) is 9.93. The van der Waals surface area contributed by atoms with Gasteiger partial charge in [-0.1, -0.05) is 0 Å². The molecule has 138 valence electrons. The zero-order valence-electron chi connectivity index (χ0n) is 14.7. The SMILES string of the molecule is NC(=O)CN1CCCN2CCN(CCCN(CC(N)=O)CC2)CC1. The number of nitrogens with zero attached hydrogens (tertiary/aromatic N) is 4. The fraction of sp³-hybridized carbons (Fsp3) is 0.875. The summed E-state index contributed by atoms with van der Waals surface area (Å²) in [6.07, 6.45) is 2.06. The van der Waals surface area contributed by atoms with Gasteiger partial charge in [-0.2, -0.15) is 0 Å². The smallest absolute Gasteiger partial charge is 0.231 e. The number of nitrogens with two attached hydrogens (primary N) is 2. The molecule has 0 aromatic carbocycles. The van der Waals surface area contributed by atoms with Gasteiger partial charge in [-0.3, -0.25) is 19.4 Å². The fourth-order valence-electron chi connectivity index (χ4n) is 3.54. The molecular formula is C16H32N6O2. The molecule has 2 fully saturated rings. The first-order valence-corrected chi connectivity index (χ1v) is 8.99. The van der Waals surface area contributed by atoms with Crippen LogP contribution in [0, 0.1) is 0 Å². The molecule has 0 radical (unpaired) electrons. The summed E-state index contributed by atoms with van der Waals surface area (Å²) in [4.78, 5) is 31.7. The highest BCUT2D eigenvalue weighted by atomic mass is 16.1. The molecule has 2 aliphatic heterocycles. The Labute approximate surface area is 144 Å². The van der Waals surface area contributed by atoms with Crippen LogP contribution < -0.4 is 11.5 Å². The number of fused-ring (bicyclic) bond motifs is 3. The minimum atomic E-state index is -0.251. The normalized spacial score (nSPS) is 28.3. The molecule has 2 aliphatic rings. The quantitative estimate of drug-likeness (QED) is 0.612. The summed E-state index contributed by atoms with van der Waals surface area (Å²) in [6.45, 7) is 10.3. The monoisotopic (exact) mass is 340 g/mol. The molecule has 0 spiro atoms. The van der Waals surface area contributed by atoms with Crippen molar-refractivity contribution in [1.29, 1.82) is 0 Å². The van der Waals surface area contributed by atoms with E-state index >= 15 is 0 Å². The standard InChI is InChI=1S/C16H32N6O2/c17-15(23)13-21-5-1-3-19-7-8-20(10-11-21)4-2-6-22(12-9-19)14-16(18)24/h1-14H2,(H2,17,23)(H2,18,24). The average Bonchev–Trinajstić information content (AvgIpc) is 2.51. The lowest BCUT2D eigenvalue weighted by Gasteiger charge is -2.35. The first-order valence-electron chi connectivity index (χ1n) is 8.99. The van der Waals surface area contributed by atoms with E-state index in [-0.39, 0.29) is 11.8 Å². The fourth-order valence-corrected chi connectivity index (χ4v) is 3.54. The molecule has 0 aromatic rings. The van der Waals surface area contributed by atoms with Crippen LogP contribution in [0.4, 0.5) is 0 Å². The molecule has 2 heterocycles. The van der Waals surface area contributed by atoms with Crippen molar-refractivity contribution < 1.29 is 9.59 Å². The number of carbonyl (C=O) groups excluding carboxylic acids is 2. The van der Waals surface area contributed by atoms with E-state index in [1.165, 1.54) is 0 Å². The van der Waals surface area contributed by atoms with Crippen molar-refractivity contribution in [3.05, 3.63) is 0 Å². The summed E-state index contributed by atoms with van der Waals surface area (Å²) in [7, 11) is 0. The third-order valence-corrected chi connectivity index (χ3v) is 4.85. The maximum atomic E-state index is 11.2. The summed E-state index contributed by atoms with van der Waals surface area (Å²) in [6, 6.07) is 0. The highest BCUT2D eigenvalue weighted by molar-refractivity contribution is 5.76. The van der Waals surface area contributed by atoms with Gasteiger partial charge in [-0.15, -0.1) is 0 Å². The van der Waals surface area contributed by atoms with Gasteiger partial charge >= 0.3 is 0 Å². The number of carbonyl (C=O) groups is 2. The van der Waals surface area contributed by atoms with Crippen LogP contribution in [0.3, 0.4) is 0 Å². The lowest BCUT2D eigenvalue weighted by atomic mass is 10.2. The minimum absolute atomic E-state index is 0.251. The van der Waals surface area contributed by atoms with Gasteiger partial charge in [0.05, 0.1) is 13.1 Å².